The molecule has 0 atom stereocenters. The maximum Gasteiger partial charge on any atom is 0.343 e. The molecule has 6 heteroatoms. The number of carboxylic acid groups (broad SMARTS) is 1. The zero-order chi connectivity index (χ0) is 13.8. The molecule has 1 aliphatic rings. The van der Waals surface area contributed by atoms with Crippen LogP contribution in [-0.2, 0) is 4.79 Å². The van der Waals surface area contributed by atoms with Gasteiger partial charge in [0.2, 0.25) is 0 Å². The molecule has 98 valence electrons. The van der Waals surface area contributed by atoms with Gasteiger partial charge in [-0.3, -0.25) is 0 Å². The fraction of sp³-hybridized carbons (Fsp3) is 0.0769. The Morgan fingerprint density at radius 3 is 2.58 bits per heavy atom. The van der Waals surface area contributed by atoms with E-state index >= 15 is 0 Å². The van der Waals surface area contributed by atoms with E-state index in [1.54, 1.807) is 12.5 Å². The third-order valence-electron chi connectivity index (χ3n) is 2.33. The molecule has 0 saturated heterocycles. The fourth-order valence-corrected chi connectivity index (χ4v) is 3.71. The topological polar surface area (TPSA) is 46.5 Å². The molecule has 1 N–H and O–H groups in total. The van der Waals surface area contributed by atoms with Crippen molar-refractivity contribution in [2.75, 3.05) is 7.11 Å². The van der Waals surface area contributed by atoms with E-state index in [2.05, 4.69) is 0 Å². The summed E-state index contributed by atoms with van der Waals surface area (Å²) in [6.07, 6.45) is 1.82. The Labute approximate surface area is 124 Å². The van der Waals surface area contributed by atoms with Crippen molar-refractivity contribution in [2.24, 2.45) is 0 Å². The van der Waals surface area contributed by atoms with Gasteiger partial charge in [0.25, 0.3) is 0 Å². The van der Waals surface area contributed by atoms with E-state index in [9.17, 15) is 4.79 Å². The van der Waals surface area contributed by atoms with Crippen molar-refractivity contribution in [1.29, 1.82) is 0 Å². The van der Waals surface area contributed by atoms with Gasteiger partial charge in [0.15, 0.2) is 0 Å². The first kappa shape index (κ1) is 14.2. The van der Waals surface area contributed by atoms with Crippen molar-refractivity contribution in [2.45, 2.75) is 0 Å². The van der Waals surface area contributed by atoms with Crippen LogP contribution in [0.2, 0.25) is 0 Å². The highest BCUT2D eigenvalue weighted by atomic mass is 32.2. The largest absolute Gasteiger partial charge is 0.497 e. The molecule has 1 aromatic carbocycles. The quantitative estimate of drug-likeness (QED) is 0.520. The van der Waals surface area contributed by atoms with E-state index < -0.39 is 5.97 Å². The lowest BCUT2D eigenvalue weighted by atomic mass is 10.1. The lowest BCUT2D eigenvalue weighted by Gasteiger charge is -2.03. The van der Waals surface area contributed by atoms with Crippen molar-refractivity contribution in [3.63, 3.8) is 0 Å². The average molecular weight is 310 g/mol. The number of rotatable bonds is 4. The van der Waals surface area contributed by atoms with Crippen molar-refractivity contribution in [3.05, 3.63) is 50.5 Å². The molecule has 2 rings (SSSR count). The molecular formula is C13H10O3S3. The van der Waals surface area contributed by atoms with E-state index in [0.717, 1.165) is 15.6 Å². The molecule has 0 unspecified atom stereocenters. The normalized spacial score (nSPS) is 16.3. The van der Waals surface area contributed by atoms with E-state index in [1.807, 2.05) is 30.3 Å². The number of thioether (sulfide) groups is 2. The molecule has 0 aliphatic carbocycles. The minimum atomic E-state index is -0.906. The molecule has 1 heterocycles. The standard InChI is InChI=1S/C13H10O3S3/c1-16-9-4-2-8(3-5-9)10(17)6-12-18-7-11(19-12)13(14)15/h2-7H,1H3,(H,14,15)/b12-6+. The summed E-state index contributed by atoms with van der Waals surface area (Å²) in [6.45, 7) is 0. The molecule has 0 amide bonds. The first-order valence-electron chi connectivity index (χ1n) is 5.28. The van der Waals surface area contributed by atoms with Gasteiger partial charge in [0.05, 0.1) is 11.3 Å². The second kappa shape index (κ2) is 6.27. The second-order valence-electron chi connectivity index (χ2n) is 3.56. The summed E-state index contributed by atoms with van der Waals surface area (Å²) in [6, 6.07) is 7.45. The van der Waals surface area contributed by atoms with E-state index in [0.29, 0.717) is 9.77 Å². The molecule has 0 aromatic heterocycles. The number of thiocarbonyl (C=S) groups is 1. The highest BCUT2D eigenvalue weighted by molar-refractivity contribution is 8.28. The highest BCUT2D eigenvalue weighted by Crippen LogP contribution is 2.43. The summed E-state index contributed by atoms with van der Waals surface area (Å²) in [5.74, 6) is -0.130. The smallest absolute Gasteiger partial charge is 0.343 e. The van der Waals surface area contributed by atoms with Gasteiger partial charge in [-0.15, -0.1) is 0 Å². The number of benzene rings is 1. The van der Waals surface area contributed by atoms with Crippen molar-refractivity contribution in [1.82, 2.24) is 0 Å². The van der Waals surface area contributed by atoms with Crippen molar-refractivity contribution < 1.29 is 14.6 Å². The monoisotopic (exact) mass is 310 g/mol. The molecule has 3 nitrogen and oxygen atoms in total. The van der Waals surface area contributed by atoms with Gasteiger partial charge in [-0.25, -0.2) is 4.79 Å². The first-order valence-corrected chi connectivity index (χ1v) is 7.38. The Kier molecular flexibility index (Phi) is 4.68. The number of carbonyl (C=O) groups is 1. The Bertz CT molecular complexity index is 573. The van der Waals surface area contributed by atoms with Crippen LogP contribution in [0.3, 0.4) is 0 Å². The number of methoxy groups -OCH3 is 1. The van der Waals surface area contributed by atoms with Crippen LogP contribution < -0.4 is 4.74 Å². The Morgan fingerprint density at radius 2 is 2.05 bits per heavy atom. The molecule has 0 bridgehead atoms. The third-order valence-corrected chi connectivity index (χ3v) is 4.90. The molecule has 0 spiro atoms. The van der Waals surface area contributed by atoms with Crippen LogP contribution in [0.4, 0.5) is 0 Å². The lowest BCUT2D eigenvalue weighted by Crippen LogP contribution is -1.94. The molecule has 0 radical (unpaired) electrons. The summed E-state index contributed by atoms with van der Waals surface area (Å²) in [7, 11) is 1.61. The minimum Gasteiger partial charge on any atom is -0.497 e. The molecule has 1 aliphatic heterocycles. The van der Waals surface area contributed by atoms with Gasteiger partial charge < -0.3 is 9.84 Å². The lowest BCUT2D eigenvalue weighted by molar-refractivity contribution is -0.131. The van der Waals surface area contributed by atoms with E-state index in [-0.39, 0.29) is 0 Å². The van der Waals surface area contributed by atoms with Gasteiger partial charge in [0.1, 0.15) is 10.7 Å². The molecule has 0 fully saturated rings. The molecule has 19 heavy (non-hydrogen) atoms. The van der Waals surface area contributed by atoms with Gasteiger partial charge in [0, 0.05) is 4.86 Å². The number of aliphatic carboxylic acids is 1. The van der Waals surface area contributed by atoms with Crippen LogP contribution in [0, 0.1) is 0 Å². The van der Waals surface area contributed by atoms with Crippen LogP contribution in [0.25, 0.3) is 0 Å². The minimum absolute atomic E-state index is 0.328. The summed E-state index contributed by atoms with van der Waals surface area (Å²) in [5, 5.41) is 10.5. The predicted molar refractivity (Wildman–Crippen MR) is 83.7 cm³/mol. The molecule has 1 aromatic rings. The summed E-state index contributed by atoms with van der Waals surface area (Å²) < 4.78 is 5.96. The zero-order valence-corrected chi connectivity index (χ0v) is 12.4. The number of hydrogen-bond acceptors (Lipinski definition) is 5. The van der Waals surface area contributed by atoms with Gasteiger partial charge in [-0.05, 0) is 41.3 Å². The SMILES string of the molecule is COc1ccc(C(=S)/C=C2\SC=C(C(=O)O)S2)cc1. The van der Waals surface area contributed by atoms with Crippen LogP contribution >= 0.6 is 35.7 Å². The molecular weight excluding hydrogens is 300 g/mol. The summed E-state index contributed by atoms with van der Waals surface area (Å²) in [5.41, 5.74) is 0.910. The molecule has 0 saturated carbocycles. The highest BCUT2D eigenvalue weighted by Gasteiger charge is 2.18. The Hall–Kier alpha value is -1.24. The van der Waals surface area contributed by atoms with Crippen LogP contribution in [0.15, 0.2) is 44.9 Å². The third kappa shape index (κ3) is 3.62. The second-order valence-corrected chi connectivity index (χ2v) is 6.26. The Morgan fingerprint density at radius 1 is 1.37 bits per heavy atom. The fourth-order valence-electron chi connectivity index (χ4n) is 1.37. The van der Waals surface area contributed by atoms with Gasteiger partial charge in [-0.2, -0.15) is 0 Å². The van der Waals surface area contributed by atoms with Crippen molar-refractivity contribution >= 4 is 46.6 Å². The Balaban J connectivity index is 2.07. The first-order chi connectivity index (χ1) is 9.10. The number of hydrogen-bond donors (Lipinski definition) is 1. The number of carboxylic acids is 1. The maximum absolute atomic E-state index is 10.8. The number of allylic oxidation sites excluding steroid dienone is 1. The predicted octanol–water partition coefficient (Wildman–Crippen LogP) is 3.66. The van der Waals surface area contributed by atoms with Crippen LogP contribution in [0.1, 0.15) is 5.56 Å². The van der Waals surface area contributed by atoms with Crippen molar-refractivity contribution in [3.8, 4) is 5.75 Å². The summed E-state index contributed by atoms with van der Waals surface area (Å²) in [4.78, 5) is 11.8. The average Bonchev–Trinajstić information content (AvgIpc) is 2.87. The van der Waals surface area contributed by atoms with Crippen LogP contribution in [0.5, 0.6) is 5.75 Å². The number of ether oxygens (including phenoxy) is 1. The van der Waals surface area contributed by atoms with E-state index in [4.69, 9.17) is 22.1 Å². The zero-order valence-electron chi connectivity index (χ0n) is 9.95. The van der Waals surface area contributed by atoms with E-state index in [1.165, 1.54) is 23.5 Å². The maximum atomic E-state index is 10.8. The van der Waals surface area contributed by atoms with Gasteiger partial charge >= 0.3 is 5.97 Å². The van der Waals surface area contributed by atoms with Gasteiger partial charge in [-0.1, -0.05) is 35.7 Å². The summed E-state index contributed by atoms with van der Waals surface area (Å²) >= 11 is 7.93. The van der Waals surface area contributed by atoms with Crippen LogP contribution in [-0.4, -0.2) is 23.1 Å².